The van der Waals surface area contributed by atoms with Gasteiger partial charge >= 0.3 is 0 Å². The lowest BCUT2D eigenvalue weighted by atomic mass is 10.2. The van der Waals surface area contributed by atoms with Crippen molar-refractivity contribution in [3.63, 3.8) is 0 Å². The predicted molar refractivity (Wildman–Crippen MR) is 75.5 cm³/mol. The van der Waals surface area contributed by atoms with Crippen LogP contribution < -0.4 is 0 Å². The molecule has 3 aromatic rings. The maximum atomic E-state index is 11.2. The molecule has 4 rings (SSSR count). The summed E-state index contributed by atoms with van der Waals surface area (Å²) in [6, 6.07) is 7.36. The number of carbonyl (C=O) groups is 1. The zero-order valence-electron chi connectivity index (χ0n) is 10.5. The summed E-state index contributed by atoms with van der Waals surface area (Å²) in [4.78, 5) is 15.7. The van der Waals surface area contributed by atoms with E-state index in [0.717, 1.165) is 16.8 Å². The molecule has 1 saturated carbocycles. The molecule has 4 nitrogen and oxygen atoms in total. The van der Waals surface area contributed by atoms with Crippen molar-refractivity contribution < 1.29 is 9.21 Å². The Kier molecular flexibility index (Phi) is 2.47. The van der Waals surface area contributed by atoms with Gasteiger partial charge in [-0.25, -0.2) is 4.98 Å². The molecule has 0 saturated heterocycles. The molecule has 0 N–H and O–H groups in total. The first-order valence-electron chi connectivity index (χ1n) is 6.49. The van der Waals surface area contributed by atoms with Crippen molar-refractivity contribution in [2.75, 3.05) is 0 Å². The van der Waals surface area contributed by atoms with Crippen LogP contribution in [0.2, 0.25) is 0 Å². The van der Waals surface area contributed by atoms with Gasteiger partial charge in [0.15, 0.2) is 5.76 Å². The minimum atomic E-state index is -0.587. The first-order valence-corrected chi connectivity index (χ1v) is 6.87. The van der Waals surface area contributed by atoms with E-state index in [1.54, 1.807) is 12.4 Å². The van der Waals surface area contributed by atoms with E-state index in [0.29, 0.717) is 11.5 Å². The highest BCUT2D eigenvalue weighted by Crippen LogP contribution is 2.39. The van der Waals surface area contributed by atoms with E-state index in [1.807, 2.05) is 29.0 Å². The normalized spacial score (nSPS) is 14.8. The minimum absolute atomic E-state index is 0.164. The van der Waals surface area contributed by atoms with Gasteiger partial charge in [-0.15, -0.1) is 0 Å². The second-order valence-corrected chi connectivity index (χ2v) is 5.40. The van der Waals surface area contributed by atoms with Gasteiger partial charge in [0.25, 0.3) is 5.24 Å². The summed E-state index contributed by atoms with van der Waals surface area (Å²) in [5, 5.41) is 0.271. The van der Waals surface area contributed by atoms with E-state index in [-0.39, 0.29) is 5.76 Å². The van der Waals surface area contributed by atoms with Gasteiger partial charge in [-0.1, -0.05) is 6.07 Å². The number of furan rings is 1. The summed E-state index contributed by atoms with van der Waals surface area (Å²) in [5.41, 5.74) is 2.71. The summed E-state index contributed by atoms with van der Waals surface area (Å²) in [6.07, 6.45) is 6.29. The third-order valence-corrected chi connectivity index (χ3v) is 3.79. The molecule has 20 heavy (non-hydrogen) atoms. The zero-order chi connectivity index (χ0) is 13.7. The number of hydrogen-bond donors (Lipinski definition) is 0. The second kappa shape index (κ2) is 4.21. The Hall–Kier alpha value is -2.07. The standard InChI is InChI=1S/C15H11ClN2O2/c16-15(19)14-6-10-12(2-1-3-13(10)20-14)18-7-11(17-8-18)9-4-5-9/h1-3,6-9H,4-5H2. The van der Waals surface area contributed by atoms with Crippen LogP contribution in [0, 0.1) is 0 Å². The van der Waals surface area contributed by atoms with E-state index in [9.17, 15) is 4.79 Å². The molecule has 2 heterocycles. The monoisotopic (exact) mass is 286 g/mol. The summed E-state index contributed by atoms with van der Waals surface area (Å²) in [7, 11) is 0. The van der Waals surface area contributed by atoms with Crippen LogP contribution in [0.5, 0.6) is 0 Å². The lowest BCUT2D eigenvalue weighted by Gasteiger charge is -2.02. The molecule has 5 heteroatoms. The van der Waals surface area contributed by atoms with Crippen LogP contribution in [0.3, 0.4) is 0 Å². The molecule has 1 aliphatic carbocycles. The molecule has 0 radical (unpaired) electrons. The number of fused-ring (bicyclic) bond motifs is 1. The summed E-state index contributed by atoms with van der Waals surface area (Å²) >= 11 is 5.48. The Balaban J connectivity index is 1.86. The van der Waals surface area contributed by atoms with Crippen LogP contribution in [0.25, 0.3) is 16.7 Å². The van der Waals surface area contributed by atoms with E-state index in [1.165, 1.54) is 12.8 Å². The van der Waals surface area contributed by atoms with Crippen molar-refractivity contribution in [3.8, 4) is 5.69 Å². The maximum absolute atomic E-state index is 11.2. The van der Waals surface area contributed by atoms with E-state index in [4.69, 9.17) is 16.0 Å². The Morgan fingerprint density at radius 3 is 3.00 bits per heavy atom. The molecule has 0 bridgehead atoms. The van der Waals surface area contributed by atoms with Gasteiger partial charge in [-0.3, -0.25) is 4.79 Å². The third kappa shape index (κ3) is 1.84. The molecule has 0 atom stereocenters. The van der Waals surface area contributed by atoms with Crippen molar-refractivity contribution in [1.82, 2.24) is 9.55 Å². The van der Waals surface area contributed by atoms with Crippen molar-refractivity contribution >= 4 is 27.8 Å². The largest absolute Gasteiger partial charge is 0.452 e. The van der Waals surface area contributed by atoms with Crippen LogP contribution >= 0.6 is 11.6 Å². The second-order valence-electron chi connectivity index (χ2n) is 5.05. The number of carbonyl (C=O) groups excluding carboxylic acids is 1. The van der Waals surface area contributed by atoms with E-state index < -0.39 is 5.24 Å². The molecular formula is C15H11ClN2O2. The fraction of sp³-hybridized carbons (Fsp3) is 0.200. The van der Waals surface area contributed by atoms with Gasteiger partial charge < -0.3 is 8.98 Å². The molecule has 0 spiro atoms. The molecule has 1 aliphatic rings. The number of nitrogens with zero attached hydrogens (tertiary/aromatic N) is 2. The predicted octanol–water partition coefficient (Wildman–Crippen LogP) is 3.87. The molecule has 100 valence electrons. The number of hydrogen-bond acceptors (Lipinski definition) is 3. The highest BCUT2D eigenvalue weighted by Gasteiger charge is 2.26. The molecular weight excluding hydrogens is 276 g/mol. The molecule has 1 fully saturated rings. The van der Waals surface area contributed by atoms with Crippen LogP contribution in [0.1, 0.15) is 35.0 Å². The average Bonchev–Trinajstić information content (AvgIpc) is 3.02. The van der Waals surface area contributed by atoms with Crippen LogP contribution in [-0.4, -0.2) is 14.8 Å². The average molecular weight is 287 g/mol. The number of benzene rings is 1. The zero-order valence-corrected chi connectivity index (χ0v) is 11.3. The van der Waals surface area contributed by atoms with Crippen LogP contribution in [0.15, 0.2) is 41.2 Å². The summed E-state index contributed by atoms with van der Waals surface area (Å²) in [5.74, 6) is 0.774. The first kappa shape index (κ1) is 11.7. The number of rotatable bonds is 3. The number of halogens is 1. The number of aromatic nitrogens is 2. The lowest BCUT2D eigenvalue weighted by molar-refractivity contribution is 0.105. The van der Waals surface area contributed by atoms with Gasteiger partial charge in [-0.05, 0) is 42.6 Å². The Bertz CT molecular complexity index is 814. The molecule has 0 amide bonds. The van der Waals surface area contributed by atoms with Gasteiger partial charge in [-0.2, -0.15) is 0 Å². The van der Waals surface area contributed by atoms with Crippen molar-refractivity contribution in [3.05, 3.63) is 48.2 Å². The molecule has 0 unspecified atom stereocenters. The highest BCUT2D eigenvalue weighted by atomic mass is 35.5. The van der Waals surface area contributed by atoms with Crippen LogP contribution in [-0.2, 0) is 0 Å². The Labute approximate surface area is 120 Å². The Morgan fingerprint density at radius 2 is 2.25 bits per heavy atom. The van der Waals surface area contributed by atoms with Gasteiger partial charge in [0.1, 0.15) is 5.58 Å². The summed E-state index contributed by atoms with van der Waals surface area (Å²) in [6.45, 7) is 0. The van der Waals surface area contributed by atoms with Crippen molar-refractivity contribution in [2.45, 2.75) is 18.8 Å². The third-order valence-electron chi connectivity index (χ3n) is 3.61. The summed E-state index contributed by atoms with van der Waals surface area (Å²) < 4.78 is 7.41. The molecule has 1 aromatic carbocycles. The van der Waals surface area contributed by atoms with E-state index >= 15 is 0 Å². The molecule has 2 aromatic heterocycles. The van der Waals surface area contributed by atoms with Crippen LogP contribution in [0.4, 0.5) is 0 Å². The van der Waals surface area contributed by atoms with E-state index in [2.05, 4.69) is 4.98 Å². The molecule has 0 aliphatic heterocycles. The Morgan fingerprint density at radius 1 is 1.40 bits per heavy atom. The number of imidazole rings is 1. The SMILES string of the molecule is O=C(Cl)c1cc2c(-n3cnc(C4CC4)c3)cccc2o1. The fourth-order valence-electron chi connectivity index (χ4n) is 2.43. The first-order chi connectivity index (χ1) is 9.72. The quantitative estimate of drug-likeness (QED) is 0.687. The van der Waals surface area contributed by atoms with Gasteiger partial charge in [0, 0.05) is 17.5 Å². The topological polar surface area (TPSA) is 48.0 Å². The fourth-order valence-corrected chi connectivity index (χ4v) is 2.52. The minimum Gasteiger partial charge on any atom is -0.452 e. The van der Waals surface area contributed by atoms with Crippen molar-refractivity contribution in [1.29, 1.82) is 0 Å². The lowest BCUT2D eigenvalue weighted by Crippen LogP contribution is -1.90. The van der Waals surface area contributed by atoms with Crippen molar-refractivity contribution in [2.24, 2.45) is 0 Å². The highest BCUT2D eigenvalue weighted by molar-refractivity contribution is 6.67. The van der Waals surface area contributed by atoms with Gasteiger partial charge in [0.05, 0.1) is 17.7 Å². The maximum Gasteiger partial charge on any atom is 0.287 e. The smallest absolute Gasteiger partial charge is 0.287 e. The van der Waals surface area contributed by atoms with Gasteiger partial charge in [0.2, 0.25) is 0 Å².